The smallest absolute Gasteiger partial charge is 0.338 e. The van der Waals surface area contributed by atoms with E-state index in [9.17, 15) is 9.59 Å². The third-order valence-corrected chi connectivity index (χ3v) is 3.32. The van der Waals surface area contributed by atoms with Gasteiger partial charge in [-0.2, -0.15) is 0 Å². The molecule has 0 saturated heterocycles. The SMILES string of the molecule is CCCCOC(=O)c1ccc(NC(=O)C(C)C(C)N)cc1. The molecule has 0 fully saturated rings. The van der Waals surface area contributed by atoms with Gasteiger partial charge in [0.05, 0.1) is 18.1 Å². The standard InChI is InChI=1S/C16H24N2O3/c1-4-5-10-21-16(20)13-6-8-14(9-7-13)18-15(19)11(2)12(3)17/h6-9,11-12H,4-5,10,17H2,1-3H3,(H,18,19). The molecule has 5 heteroatoms. The van der Waals surface area contributed by atoms with Crippen molar-refractivity contribution in [1.82, 2.24) is 0 Å². The molecule has 0 radical (unpaired) electrons. The maximum Gasteiger partial charge on any atom is 0.338 e. The quantitative estimate of drug-likeness (QED) is 0.598. The van der Waals surface area contributed by atoms with E-state index in [2.05, 4.69) is 5.32 Å². The molecule has 1 aromatic carbocycles. The van der Waals surface area contributed by atoms with Gasteiger partial charge in [0.1, 0.15) is 0 Å². The van der Waals surface area contributed by atoms with Gasteiger partial charge < -0.3 is 15.8 Å². The van der Waals surface area contributed by atoms with Crippen molar-refractivity contribution < 1.29 is 14.3 Å². The maximum absolute atomic E-state index is 11.9. The zero-order valence-corrected chi connectivity index (χ0v) is 12.9. The molecule has 1 rings (SSSR count). The van der Waals surface area contributed by atoms with Crippen LogP contribution in [0.15, 0.2) is 24.3 Å². The minimum absolute atomic E-state index is 0.136. The first-order chi connectivity index (χ1) is 9.95. The Kier molecular flexibility index (Phi) is 6.88. The average Bonchev–Trinajstić information content (AvgIpc) is 2.47. The Labute approximate surface area is 125 Å². The Hall–Kier alpha value is -1.88. The molecule has 2 unspecified atom stereocenters. The lowest BCUT2D eigenvalue weighted by molar-refractivity contribution is -0.119. The molecule has 5 nitrogen and oxygen atoms in total. The van der Waals surface area contributed by atoms with Crippen LogP contribution in [-0.2, 0) is 9.53 Å². The Morgan fingerprint density at radius 1 is 1.24 bits per heavy atom. The van der Waals surface area contributed by atoms with Crippen molar-refractivity contribution in [3.8, 4) is 0 Å². The first-order valence-electron chi connectivity index (χ1n) is 7.29. The molecule has 0 aromatic heterocycles. The molecule has 1 amide bonds. The number of rotatable bonds is 7. The van der Waals surface area contributed by atoms with E-state index in [0.29, 0.717) is 17.9 Å². The lowest BCUT2D eigenvalue weighted by Crippen LogP contribution is -2.34. The first kappa shape index (κ1) is 17.2. The second kappa shape index (κ2) is 8.42. The monoisotopic (exact) mass is 292 g/mol. The summed E-state index contributed by atoms with van der Waals surface area (Å²) in [4.78, 5) is 23.6. The summed E-state index contributed by atoms with van der Waals surface area (Å²) in [5.41, 5.74) is 6.80. The number of hydrogen-bond acceptors (Lipinski definition) is 4. The molecule has 116 valence electrons. The third-order valence-electron chi connectivity index (χ3n) is 3.32. The lowest BCUT2D eigenvalue weighted by atomic mass is 10.0. The van der Waals surface area contributed by atoms with E-state index in [-0.39, 0.29) is 23.8 Å². The van der Waals surface area contributed by atoms with Crippen molar-refractivity contribution >= 4 is 17.6 Å². The van der Waals surface area contributed by atoms with Crippen molar-refractivity contribution in [3.05, 3.63) is 29.8 Å². The van der Waals surface area contributed by atoms with E-state index in [1.165, 1.54) is 0 Å². The molecule has 3 N–H and O–H groups in total. The molecule has 0 aliphatic heterocycles. The molecular weight excluding hydrogens is 268 g/mol. The molecule has 0 saturated carbocycles. The van der Waals surface area contributed by atoms with Crippen LogP contribution in [0.2, 0.25) is 0 Å². The van der Waals surface area contributed by atoms with Crippen LogP contribution >= 0.6 is 0 Å². The molecular formula is C16H24N2O3. The van der Waals surface area contributed by atoms with E-state index in [1.807, 2.05) is 6.92 Å². The van der Waals surface area contributed by atoms with Gasteiger partial charge in [0, 0.05) is 11.7 Å². The van der Waals surface area contributed by atoms with Gasteiger partial charge in [-0.05, 0) is 37.6 Å². The summed E-state index contributed by atoms with van der Waals surface area (Å²) in [5.74, 6) is -0.753. The Morgan fingerprint density at radius 2 is 1.86 bits per heavy atom. The number of anilines is 1. The van der Waals surface area contributed by atoms with Crippen molar-refractivity contribution in [1.29, 1.82) is 0 Å². The van der Waals surface area contributed by atoms with Gasteiger partial charge in [0.25, 0.3) is 0 Å². The molecule has 21 heavy (non-hydrogen) atoms. The van der Waals surface area contributed by atoms with Crippen LogP contribution in [0.5, 0.6) is 0 Å². The summed E-state index contributed by atoms with van der Waals surface area (Å²) >= 11 is 0. The van der Waals surface area contributed by atoms with E-state index in [0.717, 1.165) is 12.8 Å². The van der Waals surface area contributed by atoms with Crippen LogP contribution in [0.4, 0.5) is 5.69 Å². The largest absolute Gasteiger partial charge is 0.462 e. The number of ether oxygens (including phenoxy) is 1. The second-order valence-electron chi connectivity index (χ2n) is 5.20. The third kappa shape index (κ3) is 5.55. The van der Waals surface area contributed by atoms with Crippen molar-refractivity contribution in [3.63, 3.8) is 0 Å². The van der Waals surface area contributed by atoms with E-state index in [4.69, 9.17) is 10.5 Å². The first-order valence-corrected chi connectivity index (χ1v) is 7.29. The fourth-order valence-electron chi connectivity index (χ4n) is 1.58. The van der Waals surface area contributed by atoms with Gasteiger partial charge in [-0.3, -0.25) is 4.79 Å². The van der Waals surface area contributed by atoms with E-state index in [1.54, 1.807) is 38.1 Å². The highest BCUT2D eigenvalue weighted by atomic mass is 16.5. The summed E-state index contributed by atoms with van der Waals surface area (Å²) in [6.45, 7) is 6.04. The van der Waals surface area contributed by atoms with Gasteiger partial charge in [0.2, 0.25) is 5.91 Å². The highest BCUT2D eigenvalue weighted by Gasteiger charge is 2.17. The number of esters is 1. The normalized spacial score (nSPS) is 13.3. The highest BCUT2D eigenvalue weighted by molar-refractivity contribution is 5.94. The van der Waals surface area contributed by atoms with Crippen molar-refractivity contribution in [2.24, 2.45) is 11.7 Å². The molecule has 0 aliphatic rings. The minimum Gasteiger partial charge on any atom is -0.462 e. The van der Waals surface area contributed by atoms with Crippen LogP contribution in [0.25, 0.3) is 0 Å². The number of unbranched alkanes of at least 4 members (excludes halogenated alkanes) is 1. The van der Waals surface area contributed by atoms with Gasteiger partial charge in [-0.15, -0.1) is 0 Å². The van der Waals surface area contributed by atoms with E-state index < -0.39 is 0 Å². The molecule has 2 atom stereocenters. The predicted molar refractivity (Wildman–Crippen MR) is 83.1 cm³/mol. The van der Waals surface area contributed by atoms with Crippen LogP contribution in [0, 0.1) is 5.92 Å². The molecule has 0 spiro atoms. The Morgan fingerprint density at radius 3 is 2.38 bits per heavy atom. The zero-order valence-electron chi connectivity index (χ0n) is 12.9. The van der Waals surface area contributed by atoms with Crippen LogP contribution in [0.3, 0.4) is 0 Å². The van der Waals surface area contributed by atoms with Crippen LogP contribution in [0.1, 0.15) is 44.0 Å². The zero-order chi connectivity index (χ0) is 15.8. The summed E-state index contributed by atoms with van der Waals surface area (Å²) in [6.07, 6.45) is 1.84. The fraction of sp³-hybridized carbons (Fsp3) is 0.500. The van der Waals surface area contributed by atoms with Gasteiger partial charge >= 0.3 is 5.97 Å². The number of carbonyl (C=O) groups excluding carboxylic acids is 2. The highest BCUT2D eigenvalue weighted by Crippen LogP contribution is 2.13. The number of nitrogens with one attached hydrogen (secondary N) is 1. The minimum atomic E-state index is -0.342. The number of hydrogen-bond donors (Lipinski definition) is 2. The lowest BCUT2D eigenvalue weighted by Gasteiger charge is -2.15. The molecule has 1 aromatic rings. The van der Waals surface area contributed by atoms with Crippen molar-refractivity contribution in [2.45, 2.75) is 39.7 Å². The topological polar surface area (TPSA) is 81.4 Å². The number of benzene rings is 1. The Bertz CT molecular complexity index is 469. The molecule has 0 heterocycles. The van der Waals surface area contributed by atoms with Gasteiger partial charge in [-0.25, -0.2) is 4.79 Å². The number of nitrogens with two attached hydrogens (primary N) is 1. The average molecular weight is 292 g/mol. The molecule has 0 aliphatic carbocycles. The fourth-order valence-corrected chi connectivity index (χ4v) is 1.58. The summed E-state index contributed by atoms with van der Waals surface area (Å²) in [6, 6.07) is 6.43. The predicted octanol–water partition coefficient (Wildman–Crippen LogP) is 2.57. The Balaban J connectivity index is 2.58. The maximum atomic E-state index is 11.9. The second-order valence-corrected chi connectivity index (χ2v) is 5.20. The number of amides is 1. The van der Waals surface area contributed by atoms with Crippen molar-refractivity contribution in [2.75, 3.05) is 11.9 Å². The van der Waals surface area contributed by atoms with Gasteiger partial charge in [0.15, 0.2) is 0 Å². The van der Waals surface area contributed by atoms with Crippen LogP contribution < -0.4 is 11.1 Å². The molecule has 0 bridgehead atoms. The summed E-state index contributed by atoms with van der Waals surface area (Å²) in [5, 5.41) is 2.77. The van der Waals surface area contributed by atoms with Gasteiger partial charge in [-0.1, -0.05) is 20.3 Å². The summed E-state index contributed by atoms with van der Waals surface area (Å²) in [7, 11) is 0. The van der Waals surface area contributed by atoms with E-state index >= 15 is 0 Å². The number of carbonyl (C=O) groups is 2. The summed E-state index contributed by atoms with van der Waals surface area (Å²) < 4.78 is 5.12. The van der Waals surface area contributed by atoms with Crippen LogP contribution in [-0.4, -0.2) is 24.5 Å².